The summed E-state index contributed by atoms with van der Waals surface area (Å²) >= 11 is 3.41. The number of nitrogens with zero attached hydrogens (tertiary/aromatic N) is 1. The Bertz CT molecular complexity index is 543. The minimum Gasteiger partial charge on any atom is -0.381 e. The fourth-order valence-corrected chi connectivity index (χ4v) is 4.38. The van der Waals surface area contributed by atoms with Crippen LogP contribution >= 0.6 is 15.9 Å². The first-order chi connectivity index (χ1) is 11.7. The van der Waals surface area contributed by atoms with Crippen LogP contribution in [-0.2, 0) is 4.74 Å². The Labute approximate surface area is 153 Å². The summed E-state index contributed by atoms with van der Waals surface area (Å²) in [5, 5.41) is 3.15. The van der Waals surface area contributed by atoms with Crippen LogP contribution in [0.1, 0.15) is 42.5 Å². The summed E-state index contributed by atoms with van der Waals surface area (Å²) in [6, 6.07) is 8.11. The first-order valence-corrected chi connectivity index (χ1v) is 9.77. The van der Waals surface area contributed by atoms with Crippen molar-refractivity contribution in [2.24, 2.45) is 5.92 Å². The molecule has 1 amide bonds. The molecule has 3 atom stereocenters. The van der Waals surface area contributed by atoms with Gasteiger partial charge in [0.2, 0.25) is 0 Å². The fraction of sp³-hybridized carbons (Fsp3) is 0.632. The molecule has 2 fully saturated rings. The van der Waals surface area contributed by atoms with Crippen LogP contribution in [0, 0.1) is 5.92 Å². The second-order valence-corrected chi connectivity index (χ2v) is 7.87. The van der Waals surface area contributed by atoms with Gasteiger partial charge in [-0.3, -0.25) is 4.79 Å². The number of rotatable bonds is 5. The molecule has 1 aliphatic heterocycles. The van der Waals surface area contributed by atoms with Gasteiger partial charge in [-0.05, 0) is 75.4 Å². The molecule has 0 bridgehead atoms. The van der Waals surface area contributed by atoms with Gasteiger partial charge in [-0.1, -0.05) is 15.9 Å². The van der Waals surface area contributed by atoms with Crippen molar-refractivity contribution >= 4 is 21.8 Å². The largest absolute Gasteiger partial charge is 0.381 e. The van der Waals surface area contributed by atoms with Crippen molar-refractivity contribution in [1.29, 1.82) is 0 Å². The van der Waals surface area contributed by atoms with E-state index in [0.717, 1.165) is 29.4 Å². The van der Waals surface area contributed by atoms with Crippen molar-refractivity contribution < 1.29 is 9.53 Å². The fourth-order valence-electron chi connectivity index (χ4n) is 4.12. The summed E-state index contributed by atoms with van der Waals surface area (Å²) in [6.45, 7) is 3.15. The van der Waals surface area contributed by atoms with Gasteiger partial charge < -0.3 is 15.0 Å². The Balaban J connectivity index is 1.60. The Kier molecular flexibility index (Phi) is 6.31. The van der Waals surface area contributed by atoms with Gasteiger partial charge in [0.1, 0.15) is 0 Å². The average Bonchev–Trinajstić information content (AvgIpc) is 3.14. The van der Waals surface area contributed by atoms with Crippen LogP contribution in [0.5, 0.6) is 0 Å². The second kappa shape index (κ2) is 8.45. The second-order valence-electron chi connectivity index (χ2n) is 6.96. The number of hydrogen-bond acceptors (Lipinski definition) is 3. The zero-order valence-corrected chi connectivity index (χ0v) is 15.9. The van der Waals surface area contributed by atoms with Crippen molar-refractivity contribution in [3.05, 3.63) is 34.3 Å². The summed E-state index contributed by atoms with van der Waals surface area (Å²) in [7, 11) is 1.80. The molecule has 4 nitrogen and oxygen atoms in total. The topological polar surface area (TPSA) is 41.6 Å². The molecule has 3 rings (SSSR count). The lowest BCUT2D eigenvalue weighted by Crippen LogP contribution is -2.48. The van der Waals surface area contributed by atoms with E-state index in [2.05, 4.69) is 26.1 Å². The van der Waals surface area contributed by atoms with E-state index in [4.69, 9.17) is 4.74 Å². The molecule has 3 unspecified atom stereocenters. The smallest absolute Gasteiger partial charge is 0.251 e. The van der Waals surface area contributed by atoms with Gasteiger partial charge in [-0.15, -0.1) is 0 Å². The molecule has 24 heavy (non-hydrogen) atoms. The van der Waals surface area contributed by atoms with Crippen LogP contribution in [0.25, 0.3) is 0 Å². The molecule has 1 N–H and O–H groups in total. The summed E-state index contributed by atoms with van der Waals surface area (Å²) in [6.07, 6.45) is 6.30. The highest BCUT2D eigenvalue weighted by atomic mass is 79.9. The van der Waals surface area contributed by atoms with Gasteiger partial charge >= 0.3 is 0 Å². The zero-order chi connectivity index (χ0) is 16.9. The van der Waals surface area contributed by atoms with E-state index in [9.17, 15) is 4.79 Å². The SMILES string of the molecule is COC1CCC(N2CCCC2)C(CNC(=O)c2ccc(Br)cc2)C1. The number of amides is 1. The van der Waals surface area contributed by atoms with E-state index in [1.807, 2.05) is 24.3 Å². The molecule has 0 radical (unpaired) electrons. The molecule has 1 aromatic rings. The number of likely N-dealkylation sites (tertiary alicyclic amines) is 1. The Morgan fingerprint density at radius 2 is 1.96 bits per heavy atom. The maximum Gasteiger partial charge on any atom is 0.251 e. The lowest BCUT2D eigenvalue weighted by molar-refractivity contribution is 0.0117. The van der Waals surface area contributed by atoms with Gasteiger partial charge in [0.15, 0.2) is 0 Å². The Morgan fingerprint density at radius 3 is 2.62 bits per heavy atom. The number of nitrogens with one attached hydrogen (secondary N) is 1. The van der Waals surface area contributed by atoms with Crippen LogP contribution < -0.4 is 5.32 Å². The normalized spacial score (nSPS) is 28.0. The molecule has 5 heteroatoms. The van der Waals surface area contributed by atoms with E-state index in [0.29, 0.717) is 18.1 Å². The number of hydrogen-bond donors (Lipinski definition) is 1. The summed E-state index contributed by atoms with van der Waals surface area (Å²) in [4.78, 5) is 15.0. The minimum atomic E-state index is 0.0159. The third-order valence-corrected chi connectivity index (χ3v) is 6.00. The van der Waals surface area contributed by atoms with Crippen molar-refractivity contribution in [1.82, 2.24) is 10.2 Å². The first-order valence-electron chi connectivity index (χ1n) is 8.98. The highest BCUT2D eigenvalue weighted by molar-refractivity contribution is 9.10. The van der Waals surface area contributed by atoms with Crippen molar-refractivity contribution in [3.63, 3.8) is 0 Å². The molecule has 0 aromatic heterocycles. The molecular formula is C19H27BrN2O2. The maximum absolute atomic E-state index is 12.4. The average molecular weight is 395 g/mol. The molecule has 1 aromatic carbocycles. The summed E-state index contributed by atoms with van der Waals surface area (Å²) < 4.78 is 6.59. The number of ether oxygens (including phenoxy) is 1. The lowest BCUT2D eigenvalue weighted by atomic mass is 9.81. The number of carbonyl (C=O) groups is 1. The highest BCUT2D eigenvalue weighted by Crippen LogP contribution is 2.31. The third kappa shape index (κ3) is 4.38. The van der Waals surface area contributed by atoms with Gasteiger partial charge in [-0.2, -0.15) is 0 Å². The van der Waals surface area contributed by atoms with Crippen LogP contribution in [0.3, 0.4) is 0 Å². The monoisotopic (exact) mass is 394 g/mol. The van der Waals surface area contributed by atoms with Gasteiger partial charge in [-0.25, -0.2) is 0 Å². The van der Waals surface area contributed by atoms with E-state index in [1.165, 1.54) is 32.4 Å². The summed E-state index contributed by atoms with van der Waals surface area (Å²) in [5.74, 6) is 0.489. The number of carbonyl (C=O) groups excluding carboxylic acids is 1. The Hall–Kier alpha value is -0.910. The standard InChI is InChI=1S/C19H27BrN2O2/c1-24-17-8-9-18(22-10-2-3-11-22)15(12-17)13-21-19(23)14-4-6-16(20)7-5-14/h4-7,15,17-18H,2-3,8-13H2,1H3,(H,21,23). The molecule has 2 aliphatic rings. The maximum atomic E-state index is 12.4. The van der Waals surface area contributed by atoms with Gasteiger partial charge in [0.05, 0.1) is 6.10 Å². The van der Waals surface area contributed by atoms with E-state index >= 15 is 0 Å². The van der Waals surface area contributed by atoms with Crippen molar-refractivity contribution in [2.45, 2.75) is 44.2 Å². The number of benzene rings is 1. The summed E-state index contributed by atoms with van der Waals surface area (Å²) in [5.41, 5.74) is 0.718. The minimum absolute atomic E-state index is 0.0159. The van der Waals surface area contributed by atoms with E-state index in [-0.39, 0.29) is 5.91 Å². The lowest BCUT2D eigenvalue weighted by Gasteiger charge is -2.40. The molecular weight excluding hydrogens is 368 g/mol. The van der Waals surface area contributed by atoms with Crippen molar-refractivity contribution in [3.8, 4) is 0 Å². The van der Waals surface area contributed by atoms with Crippen LogP contribution in [0.15, 0.2) is 28.7 Å². The molecule has 132 valence electrons. The number of halogens is 1. The van der Waals surface area contributed by atoms with Gasteiger partial charge in [0.25, 0.3) is 5.91 Å². The Morgan fingerprint density at radius 1 is 1.25 bits per heavy atom. The van der Waals surface area contributed by atoms with Crippen molar-refractivity contribution in [2.75, 3.05) is 26.7 Å². The van der Waals surface area contributed by atoms with Crippen LogP contribution in [0.2, 0.25) is 0 Å². The zero-order valence-electron chi connectivity index (χ0n) is 14.3. The molecule has 0 spiro atoms. The predicted molar refractivity (Wildman–Crippen MR) is 99.2 cm³/mol. The molecule has 1 heterocycles. The molecule has 1 saturated heterocycles. The van der Waals surface area contributed by atoms with Crippen LogP contribution in [0.4, 0.5) is 0 Å². The number of methoxy groups -OCH3 is 1. The third-order valence-electron chi connectivity index (χ3n) is 5.47. The van der Waals surface area contributed by atoms with Gasteiger partial charge in [0, 0.05) is 29.7 Å². The highest BCUT2D eigenvalue weighted by Gasteiger charge is 2.35. The molecule has 1 saturated carbocycles. The predicted octanol–water partition coefficient (Wildman–Crippen LogP) is 3.46. The first kappa shape index (κ1) is 17.9. The van der Waals surface area contributed by atoms with E-state index < -0.39 is 0 Å². The van der Waals surface area contributed by atoms with Crippen LogP contribution in [-0.4, -0.2) is 49.7 Å². The van der Waals surface area contributed by atoms with E-state index in [1.54, 1.807) is 7.11 Å². The molecule has 1 aliphatic carbocycles. The quantitative estimate of drug-likeness (QED) is 0.831.